The van der Waals surface area contributed by atoms with Gasteiger partial charge in [0.15, 0.2) is 0 Å². The van der Waals surface area contributed by atoms with Crippen LogP contribution in [0.2, 0.25) is 0 Å². The predicted molar refractivity (Wildman–Crippen MR) is 206 cm³/mol. The molecule has 0 spiro atoms. The summed E-state index contributed by atoms with van der Waals surface area (Å²) in [6.45, 7) is 5.74. The maximum atomic E-state index is 11.8. The number of carbonyl (C=O) groups excluding carboxylic acids is 4. The van der Waals surface area contributed by atoms with Crippen molar-refractivity contribution in [3.05, 3.63) is 24.3 Å². The van der Waals surface area contributed by atoms with Crippen LogP contribution in [0.5, 0.6) is 0 Å². The first-order chi connectivity index (χ1) is 24.4. The molecule has 4 amide bonds. The van der Waals surface area contributed by atoms with E-state index in [2.05, 4.69) is 13.8 Å². The zero-order valence-electron chi connectivity index (χ0n) is 32.4. The number of amides is 4. The quantitative estimate of drug-likeness (QED) is 0.0554. The smallest absolute Gasteiger partial charge is 0.253 e. The van der Waals surface area contributed by atoms with Gasteiger partial charge in [0.1, 0.15) is 0 Å². The minimum atomic E-state index is -0.156. The molecule has 3 aliphatic rings. The summed E-state index contributed by atoms with van der Waals surface area (Å²) in [5.41, 5.74) is 0. The molecule has 1 aliphatic carbocycles. The highest BCUT2D eigenvalue weighted by Gasteiger charge is 2.35. The van der Waals surface area contributed by atoms with E-state index < -0.39 is 0 Å². The Bertz CT molecular complexity index is 1010. The van der Waals surface area contributed by atoms with Gasteiger partial charge in [-0.2, -0.15) is 0 Å². The maximum Gasteiger partial charge on any atom is 0.253 e. The van der Waals surface area contributed by atoms with E-state index in [9.17, 15) is 19.2 Å². The number of hydrogen-bond donors (Lipinski definition) is 0. The number of unbranched alkanes of at least 4 members (excludes halogenated alkanes) is 18. The first-order valence-electron chi connectivity index (χ1n) is 21.5. The van der Waals surface area contributed by atoms with Crippen LogP contribution in [-0.4, -0.2) is 46.5 Å². The summed E-state index contributed by atoms with van der Waals surface area (Å²) in [6, 6.07) is 0. The fourth-order valence-corrected chi connectivity index (χ4v) is 9.05. The molecule has 50 heavy (non-hydrogen) atoms. The van der Waals surface area contributed by atoms with Crippen molar-refractivity contribution >= 4 is 23.6 Å². The molecule has 1 fully saturated rings. The molecule has 0 N–H and O–H groups in total. The average molecular weight is 695 g/mol. The zero-order valence-corrected chi connectivity index (χ0v) is 32.4. The predicted octanol–water partition coefficient (Wildman–Crippen LogP) is 11.3. The lowest BCUT2D eigenvalue weighted by molar-refractivity contribution is -0.138. The number of nitrogens with zero attached hydrogens (tertiary/aromatic N) is 2. The van der Waals surface area contributed by atoms with Crippen molar-refractivity contribution in [3.8, 4) is 0 Å². The normalized spacial score (nSPS) is 22.2. The van der Waals surface area contributed by atoms with Gasteiger partial charge < -0.3 is 0 Å². The van der Waals surface area contributed by atoms with Crippen molar-refractivity contribution < 1.29 is 19.2 Å². The Labute approximate surface area is 306 Å². The largest absolute Gasteiger partial charge is 0.275 e. The van der Waals surface area contributed by atoms with Gasteiger partial charge in [-0.15, -0.1) is 0 Å². The standard InChI is InChI=1S/C44H74N2O4/c1-3-5-7-9-14-20-26-38-36-39(27-21-15-10-11-17-23-33-45-41(47)29-30-42(45)48)40(35-37(38)25-19-13-8-6-4-2)28-22-16-12-18-24-34-46-43(49)31-32-44(46)50/h29-32,37-40H,3-28,33-36H2,1-2H3. The van der Waals surface area contributed by atoms with Gasteiger partial charge in [0.2, 0.25) is 0 Å². The molecular weight excluding hydrogens is 620 g/mol. The van der Waals surface area contributed by atoms with Gasteiger partial charge >= 0.3 is 0 Å². The van der Waals surface area contributed by atoms with Gasteiger partial charge in [-0.1, -0.05) is 168 Å². The third-order valence-corrected chi connectivity index (χ3v) is 12.1. The van der Waals surface area contributed by atoms with Gasteiger partial charge in [0.05, 0.1) is 0 Å². The van der Waals surface area contributed by atoms with Crippen LogP contribution in [-0.2, 0) is 19.2 Å². The number of carbonyl (C=O) groups is 4. The lowest BCUT2D eigenvalue weighted by Crippen LogP contribution is -2.32. The van der Waals surface area contributed by atoms with Gasteiger partial charge in [-0.05, 0) is 49.4 Å². The van der Waals surface area contributed by atoms with Crippen LogP contribution in [0.25, 0.3) is 0 Å². The summed E-state index contributed by atoms with van der Waals surface area (Å²) in [5, 5.41) is 0. The molecule has 284 valence electrons. The zero-order chi connectivity index (χ0) is 35.8. The van der Waals surface area contributed by atoms with E-state index in [0.717, 1.165) is 49.4 Å². The molecule has 0 saturated heterocycles. The highest BCUT2D eigenvalue weighted by Crippen LogP contribution is 2.46. The van der Waals surface area contributed by atoms with Gasteiger partial charge in [-0.3, -0.25) is 29.0 Å². The highest BCUT2D eigenvalue weighted by atomic mass is 16.2. The van der Waals surface area contributed by atoms with Gasteiger partial charge in [0, 0.05) is 37.4 Å². The van der Waals surface area contributed by atoms with Crippen LogP contribution in [0.4, 0.5) is 0 Å². The SMILES string of the molecule is CCCCCCCCC1CC(CCCCCCCCN2C(=O)C=CC2=O)C(CCCCCCCN2C(=O)C=CC2=O)CC1CCCCCCC. The first kappa shape index (κ1) is 42.2. The van der Waals surface area contributed by atoms with E-state index in [1.54, 1.807) is 0 Å². The second-order valence-corrected chi connectivity index (χ2v) is 16.1. The van der Waals surface area contributed by atoms with E-state index in [0.29, 0.717) is 13.1 Å². The van der Waals surface area contributed by atoms with E-state index in [-0.39, 0.29) is 23.6 Å². The Kier molecular flexibility index (Phi) is 21.7. The Balaban J connectivity index is 1.45. The molecule has 4 unspecified atom stereocenters. The van der Waals surface area contributed by atoms with Crippen molar-refractivity contribution in [3.63, 3.8) is 0 Å². The van der Waals surface area contributed by atoms with Crippen molar-refractivity contribution in [2.45, 2.75) is 194 Å². The number of hydrogen-bond acceptors (Lipinski definition) is 4. The van der Waals surface area contributed by atoms with E-state index in [1.807, 2.05) is 0 Å². The monoisotopic (exact) mass is 695 g/mol. The topological polar surface area (TPSA) is 74.8 Å². The van der Waals surface area contributed by atoms with Crippen LogP contribution in [0.15, 0.2) is 24.3 Å². The second kappa shape index (κ2) is 25.7. The average Bonchev–Trinajstić information content (AvgIpc) is 3.61. The molecular formula is C44H74N2O4. The second-order valence-electron chi connectivity index (χ2n) is 16.1. The molecule has 6 nitrogen and oxygen atoms in total. The van der Waals surface area contributed by atoms with Crippen molar-refractivity contribution in [1.82, 2.24) is 9.80 Å². The summed E-state index contributed by atoms with van der Waals surface area (Å²) in [5.74, 6) is 2.96. The van der Waals surface area contributed by atoms with Gasteiger partial charge in [-0.25, -0.2) is 0 Å². The summed E-state index contributed by atoms with van der Waals surface area (Å²) >= 11 is 0. The van der Waals surface area contributed by atoms with Crippen LogP contribution in [0.3, 0.4) is 0 Å². The molecule has 0 aromatic carbocycles. The fraction of sp³-hybridized carbons (Fsp3) is 0.818. The molecule has 0 aromatic heterocycles. The molecule has 0 radical (unpaired) electrons. The van der Waals surface area contributed by atoms with Crippen LogP contribution in [0, 0.1) is 23.7 Å². The Morgan fingerprint density at radius 2 is 0.620 bits per heavy atom. The summed E-state index contributed by atoms with van der Waals surface area (Å²) in [7, 11) is 0. The lowest BCUT2D eigenvalue weighted by Gasteiger charge is -2.42. The molecule has 1 saturated carbocycles. The van der Waals surface area contributed by atoms with Gasteiger partial charge in [0.25, 0.3) is 23.6 Å². The van der Waals surface area contributed by atoms with E-state index in [4.69, 9.17) is 0 Å². The number of rotatable bonds is 30. The lowest BCUT2D eigenvalue weighted by atomic mass is 9.63. The summed E-state index contributed by atoms with van der Waals surface area (Å²) in [6.07, 6.45) is 42.3. The molecule has 4 atom stereocenters. The minimum absolute atomic E-state index is 0.154. The molecule has 0 aromatic rings. The maximum absolute atomic E-state index is 11.8. The molecule has 2 aliphatic heterocycles. The van der Waals surface area contributed by atoms with Crippen molar-refractivity contribution in [1.29, 1.82) is 0 Å². The highest BCUT2D eigenvalue weighted by molar-refractivity contribution is 6.13. The van der Waals surface area contributed by atoms with E-state index >= 15 is 0 Å². The van der Waals surface area contributed by atoms with Crippen LogP contribution >= 0.6 is 0 Å². The first-order valence-corrected chi connectivity index (χ1v) is 21.5. The summed E-state index contributed by atoms with van der Waals surface area (Å²) in [4.78, 5) is 50.0. The Hall–Kier alpha value is -2.24. The van der Waals surface area contributed by atoms with E-state index in [1.165, 1.54) is 188 Å². The molecule has 2 heterocycles. The Morgan fingerprint density at radius 3 is 0.900 bits per heavy atom. The third-order valence-electron chi connectivity index (χ3n) is 12.1. The number of imide groups is 2. The third kappa shape index (κ3) is 16.0. The molecule has 0 bridgehead atoms. The van der Waals surface area contributed by atoms with Crippen molar-refractivity contribution in [2.75, 3.05) is 13.1 Å². The summed E-state index contributed by atoms with van der Waals surface area (Å²) < 4.78 is 0. The minimum Gasteiger partial charge on any atom is -0.275 e. The van der Waals surface area contributed by atoms with Crippen LogP contribution < -0.4 is 0 Å². The van der Waals surface area contributed by atoms with Crippen LogP contribution in [0.1, 0.15) is 194 Å². The Morgan fingerprint density at radius 1 is 0.380 bits per heavy atom. The molecule has 6 heteroatoms. The molecule has 3 rings (SSSR count). The van der Waals surface area contributed by atoms with Crippen molar-refractivity contribution in [2.24, 2.45) is 23.7 Å². The fourth-order valence-electron chi connectivity index (χ4n) is 9.05.